The van der Waals surface area contributed by atoms with E-state index in [9.17, 15) is 20.1 Å². The van der Waals surface area contributed by atoms with Gasteiger partial charge in [0.25, 0.3) is 0 Å². The molecule has 5 heteroatoms. The van der Waals surface area contributed by atoms with Crippen molar-refractivity contribution in [1.29, 1.82) is 0 Å². The summed E-state index contributed by atoms with van der Waals surface area (Å²) in [6, 6.07) is 3.11. The fourth-order valence-electron chi connectivity index (χ4n) is 4.17. The summed E-state index contributed by atoms with van der Waals surface area (Å²) in [6.07, 6.45) is 0.388. The largest absolute Gasteiger partial charge is 0.504 e. The van der Waals surface area contributed by atoms with E-state index in [0.29, 0.717) is 19.4 Å². The number of phenols is 2. The lowest BCUT2D eigenvalue weighted by atomic mass is 9.51. The van der Waals surface area contributed by atoms with Crippen molar-refractivity contribution in [3.8, 4) is 11.5 Å². The number of likely N-dealkylation sites (tertiary alicyclic amines) is 1. The molecule has 3 rings (SSSR count). The summed E-state index contributed by atoms with van der Waals surface area (Å²) >= 11 is 0. The second kappa shape index (κ2) is 4.06. The third-order valence-electron chi connectivity index (χ3n) is 5.94. The maximum atomic E-state index is 11.5. The molecule has 21 heavy (non-hydrogen) atoms. The molecule has 2 bridgehead atoms. The number of fused-ring (bicyclic) bond motifs is 4. The van der Waals surface area contributed by atoms with Gasteiger partial charge < -0.3 is 20.2 Å². The van der Waals surface area contributed by atoms with Gasteiger partial charge in [-0.15, -0.1) is 0 Å². The first kappa shape index (κ1) is 14.0. The molecule has 114 valence electrons. The van der Waals surface area contributed by atoms with Crippen molar-refractivity contribution in [2.24, 2.45) is 5.41 Å². The minimum absolute atomic E-state index is 0.107. The molecule has 1 amide bonds. The van der Waals surface area contributed by atoms with E-state index in [2.05, 4.69) is 20.8 Å². The van der Waals surface area contributed by atoms with E-state index < -0.39 is 6.09 Å². The topological polar surface area (TPSA) is 81.0 Å². The van der Waals surface area contributed by atoms with Gasteiger partial charge in [0.05, 0.1) is 0 Å². The molecule has 3 N–H and O–H groups in total. The Morgan fingerprint density at radius 3 is 2.48 bits per heavy atom. The van der Waals surface area contributed by atoms with E-state index in [1.54, 1.807) is 12.1 Å². The molecule has 1 aromatic carbocycles. The molecule has 1 fully saturated rings. The third kappa shape index (κ3) is 1.66. The fourth-order valence-corrected chi connectivity index (χ4v) is 4.17. The lowest BCUT2D eigenvalue weighted by Gasteiger charge is -2.60. The van der Waals surface area contributed by atoms with Gasteiger partial charge in [-0.3, -0.25) is 0 Å². The van der Waals surface area contributed by atoms with Crippen molar-refractivity contribution in [3.05, 3.63) is 23.3 Å². The Hall–Kier alpha value is -1.91. The molecule has 0 radical (unpaired) electrons. The number of rotatable bonds is 0. The normalized spacial score (nSPS) is 29.9. The van der Waals surface area contributed by atoms with Gasteiger partial charge in [-0.25, -0.2) is 4.79 Å². The van der Waals surface area contributed by atoms with Crippen LogP contribution >= 0.6 is 0 Å². The van der Waals surface area contributed by atoms with Gasteiger partial charge in [-0.2, -0.15) is 0 Å². The number of carboxylic acid groups (broad SMARTS) is 1. The highest BCUT2D eigenvalue weighted by Crippen LogP contribution is 2.57. The Morgan fingerprint density at radius 1 is 1.24 bits per heavy atom. The average Bonchev–Trinajstić information content (AvgIpc) is 2.37. The smallest absolute Gasteiger partial charge is 0.407 e. The van der Waals surface area contributed by atoms with Gasteiger partial charge in [0, 0.05) is 18.0 Å². The number of benzene rings is 1. The highest BCUT2D eigenvalue weighted by atomic mass is 16.4. The van der Waals surface area contributed by atoms with Gasteiger partial charge in [-0.05, 0) is 41.5 Å². The number of hydrogen-bond donors (Lipinski definition) is 3. The standard InChI is InChI=1S/C16H21NO4/c1-15(2)13-7-9-6-11(18)12(19)8-10(9)16(15,3)4-5-17(13)14(20)21/h6,8,13,18-19H,4-5,7H2,1-3H3,(H,20,21). The average molecular weight is 291 g/mol. The fraction of sp³-hybridized carbons (Fsp3) is 0.562. The van der Waals surface area contributed by atoms with E-state index in [1.807, 2.05) is 0 Å². The summed E-state index contributed by atoms with van der Waals surface area (Å²) in [7, 11) is 0. The van der Waals surface area contributed by atoms with Gasteiger partial charge in [0.15, 0.2) is 11.5 Å². The number of carbonyl (C=O) groups is 1. The molecule has 0 saturated carbocycles. The van der Waals surface area contributed by atoms with Crippen LogP contribution in [0.4, 0.5) is 4.79 Å². The molecule has 1 heterocycles. The zero-order chi connectivity index (χ0) is 15.6. The Morgan fingerprint density at radius 2 is 1.86 bits per heavy atom. The van der Waals surface area contributed by atoms with E-state index in [1.165, 1.54) is 4.90 Å². The van der Waals surface area contributed by atoms with Gasteiger partial charge in [-0.1, -0.05) is 20.8 Å². The van der Waals surface area contributed by atoms with Crippen molar-refractivity contribution < 1.29 is 20.1 Å². The molecule has 1 saturated heterocycles. The molecule has 5 nitrogen and oxygen atoms in total. The summed E-state index contributed by atoms with van der Waals surface area (Å²) in [5, 5.41) is 29.0. The van der Waals surface area contributed by atoms with Crippen molar-refractivity contribution >= 4 is 6.09 Å². The minimum atomic E-state index is -0.887. The predicted molar refractivity (Wildman–Crippen MR) is 77.7 cm³/mol. The van der Waals surface area contributed by atoms with Crippen molar-refractivity contribution in [1.82, 2.24) is 4.90 Å². The number of amides is 1. The zero-order valence-electron chi connectivity index (χ0n) is 12.6. The van der Waals surface area contributed by atoms with Crippen LogP contribution in [0.5, 0.6) is 11.5 Å². The van der Waals surface area contributed by atoms with Crippen LogP contribution in [0.25, 0.3) is 0 Å². The van der Waals surface area contributed by atoms with Crippen LogP contribution in [0, 0.1) is 5.41 Å². The summed E-state index contributed by atoms with van der Waals surface area (Å²) in [6.45, 7) is 6.83. The first-order valence-corrected chi connectivity index (χ1v) is 7.23. The van der Waals surface area contributed by atoms with Crippen LogP contribution in [0.2, 0.25) is 0 Å². The number of hydrogen-bond acceptors (Lipinski definition) is 3. The van der Waals surface area contributed by atoms with E-state index in [0.717, 1.165) is 11.1 Å². The van der Waals surface area contributed by atoms with Crippen molar-refractivity contribution in [2.75, 3.05) is 6.54 Å². The molecule has 0 aromatic heterocycles. The third-order valence-corrected chi connectivity index (χ3v) is 5.94. The van der Waals surface area contributed by atoms with Crippen molar-refractivity contribution in [3.63, 3.8) is 0 Å². The van der Waals surface area contributed by atoms with Gasteiger partial charge in [0.1, 0.15) is 0 Å². The lowest BCUT2D eigenvalue weighted by Crippen LogP contribution is -2.64. The molecular weight excluding hydrogens is 270 g/mol. The molecule has 1 aliphatic carbocycles. The quantitative estimate of drug-likeness (QED) is 0.642. The highest BCUT2D eigenvalue weighted by Gasteiger charge is 2.57. The van der Waals surface area contributed by atoms with E-state index >= 15 is 0 Å². The van der Waals surface area contributed by atoms with Crippen LogP contribution < -0.4 is 0 Å². The molecule has 0 spiro atoms. The van der Waals surface area contributed by atoms with Crippen LogP contribution in [-0.2, 0) is 11.8 Å². The molecular formula is C16H21NO4. The molecule has 2 unspecified atom stereocenters. The summed E-state index contributed by atoms with van der Waals surface area (Å²) in [5.41, 5.74) is 1.51. The second-order valence-electron chi connectivity index (χ2n) is 7.00. The number of aromatic hydroxyl groups is 2. The minimum Gasteiger partial charge on any atom is -0.504 e. The summed E-state index contributed by atoms with van der Waals surface area (Å²) < 4.78 is 0. The van der Waals surface area contributed by atoms with Crippen molar-refractivity contribution in [2.45, 2.75) is 45.1 Å². The van der Waals surface area contributed by atoms with Crippen LogP contribution in [0.1, 0.15) is 38.3 Å². The maximum Gasteiger partial charge on any atom is 0.407 e. The van der Waals surface area contributed by atoms with Crippen LogP contribution in [0.15, 0.2) is 12.1 Å². The Kier molecular flexibility index (Phi) is 2.71. The first-order valence-electron chi connectivity index (χ1n) is 7.23. The first-order chi connectivity index (χ1) is 9.68. The second-order valence-corrected chi connectivity index (χ2v) is 7.00. The summed E-state index contributed by atoms with van der Waals surface area (Å²) in [5.74, 6) is -0.248. The van der Waals surface area contributed by atoms with Gasteiger partial charge in [0.2, 0.25) is 0 Å². The highest BCUT2D eigenvalue weighted by molar-refractivity contribution is 5.67. The molecule has 1 aromatic rings. The van der Waals surface area contributed by atoms with E-state index in [-0.39, 0.29) is 28.4 Å². The van der Waals surface area contributed by atoms with E-state index in [4.69, 9.17) is 0 Å². The number of nitrogens with zero attached hydrogens (tertiary/aromatic N) is 1. The molecule has 2 atom stereocenters. The lowest BCUT2D eigenvalue weighted by molar-refractivity contribution is -0.0272. The zero-order valence-corrected chi connectivity index (χ0v) is 12.6. The SMILES string of the molecule is CC12CCN(C(=O)O)C(Cc3cc(O)c(O)cc31)C2(C)C. The molecule has 2 aliphatic rings. The number of piperidine rings is 1. The van der Waals surface area contributed by atoms with Gasteiger partial charge >= 0.3 is 6.09 Å². The Labute approximate surface area is 123 Å². The number of phenolic OH excluding ortho intramolecular Hbond substituents is 2. The predicted octanol–water partition coefficient (Wildman–Crippen LogP) is 2.69. The Bertz CT molecular complexity index is 625. The van der Waals surface area contributed by atoms with Crippen LogP contribution in [0.3, 0.4) is 0 Å². The Balaban J connectivity index is 2.21. The summed E-state index contributed by atoms with van der Waals surface area (Å²) in [4.78, 5) is 13.0. The van der Waals surface area contributed by atoms with Crippen LogP contribution in [-0.4, -0.2) is 38.9 Å². The monoisotopic (exact) mass is 291 g/mol. The maximum absolute atomic E-state index is 11.5. The molecule has 1 aliphatic heterocycles.